The summed E-state index contributed by atoms with van der Waals surface area (Å²) >= 11 is 5.77. The maximum atomic E-state index is 12.6. The minimum absolute atomic E-state index is 0.0743. The standard InChI is InChI=1S/C16H21ClN2O5S/c1-16(2,3)24-15(21)11-18-8-9-19(10-14(18)20)25(22,23)13-6-4-12(17)5-7-13/h4-7H,8-11H2,1-3H3. The van der Waals surface area contributed by atoms with Crippen molar-refractivity contribution in [2.24, 2.45) is 0 Å². The molecule has 1 heterocycles. The molecule has 0 N–H and O–H groups in total. The Hall–Kier alpha value is -1.64. The van der Waals surface area contributed by atoms with Crippen molar-refractivity contribution in [2.45, 2.75) is 31.3 Å². The number of hydrogen-bond donors (Lipinski definition) is 0. The molecule has 25 heavy (non-hydrogen) atoms. The van der Waals surface area contributed by atoms with Gasteiger partial charge in [-0.15, -0.1) is 0 Å². The van der Waals surface area contributed by atoms with E-state index < -0.39 is 27.5 Å². The van der Waals surface area contributed by atoms with Crippen LogP contribution in [0.1, 0.15) is 20.8 Å². The number of carbonyl (C=O) groups excluding carboxylic acids is 2. The summed E-state index contributed by atoms with van der Waals surface area (Å²) in [4.78, 5) is 25.5. The van der Waals surface area contributed by atoms with Crippen molar-refractivity contribution < 1.29 is 22.7 Å². The van der Waals surface area contributed by atoms with Crippen LogP contribution in [-0.4, -0.2) is 61.3 Å². The number of esters is 1. The molecule has 0 radical (unpaired) electrons. The monoisotopic (exact) mass is 388 g/mol. The molecule has 7 nitrogen and oxygen atoms in total. The maximum Gasteiger partial charge on any atom is 0.326 e. The lowest BCUT2D eigenvalue weighted by Gasteiger charge is -2.33. The number of ether oxygens (including phenoxy) is 1. The highest BCUT2D eigenvalue weighted by Gasteiger charge is 2.34. The van der Waals surface area contributed by atoms with Gasteiger partial charge in [0, 0.05) is 18.1 Å². The van der Waals surface area contributed by atoms with Crippen LogP contribution in [0, 0.1) is 0 Å². The van der Waals surface area contributed by atoms with Gasteiger partial charge < -0.3 is 9.64 Å². The van der Waals surface area contributed by atoms with E-state index in [1.165, 1.54) is 29.2 Å². The Kier molecular flexibility index (Phi) is 5.75. The van der Waals surface area contributed by atoms with Crippen molar-refractivity contribution in [3.8, 4) is 0 Å². The Morgan fingerprint density at radius 2 is 1.80 bits per heavy atom. The third kappa shape index (κ3) is 5.17. The van der Waals surface area contributed by atoms with Crippen LogP contribution in [0.3, 0.4) is 0 Å². The summed E-state index contributed by atoms with van der Waals surface area (Å²) in [5.41, 5.74) is -0.639. The average Bonchev–Trinajstić information content (AvgIpc) is 2.47. The predicted octanol–water partition coefficient (Wildman–Crippen LogP) is 1.51. The number of carbonyl (C=O) groups is 2. The molecule has 0 atom stereocenters. The van der Waals surface area contributed by atoms with E-state index in [0.717, 1.165) is 4.31 Å². The van der Waals surface area contributed by atoms with E-state index >= 15 is 0 Å². The molecule has 1 saturated heterocycles. The molecule has 9 heteroatoms. The highest BCUT2D eigenvalue weighted by molar-refractivity contribution is 7.89. The number of nitrogens with zero attached hydrogens (tertiary/aromatic N) is 2. The minimum Gasteiger partial charge on any atom is -0.459 e. The van der Waals surface area contributed by atoms with Crippen LogP contribution < -0.4 is 0 Å². The van der Waals surface area contributed by atoms with E-state index in [0.29, 0.717) is 5.02 Å². The van der Waals surface area contributed by atoms with Crippen LogP contribution in [-0.2, 0) is 24.3 Å². The molecule has 1 aliphatic heterocycles. The second-order valence-electron chi connectivity index (χ2n) is 6.69. The van der Waals surface area contributed by atoms with Gasteiger partial charge in [-0.2, -0.15) is 4.31 Å². The van der Waals surface area contributed by atoms with E-state index in [4.69, 9.17) is 16.3 Å². The molecule has 1 aromatic carbocycles. The summed E-state index contributed by atoms with van der Waals surface area (Å²) in [5, 5.41) is 0.428. The van der Waals surface area contributed by atoms with Gasteiger partial charge in [0.1, 0.15) is 12.1 Å². The summed E-state index contributed by atoms with van der Waals surface area (Å²) in [6.45, 7) is 4.96. The number of hydrogen-bond acceptors (Lipinski definition) is 5. The predicted molar refractivity (Wildman–Crippen MR) is 92.6 cm³/mol. The molecule has 0 aliphatic carbocycles. The van der Waals surface area contributed by atoms with Crippen LogP contribution in [0.4, 0.5) is 0 Å². The number of benzene rings is 1. The van der Waals surface area contributed by atoms with Gasteiger partial charge in [-0.25, -0.2) is 8.42 Å². The zero-order valence-corrected chi connectivity index (χ0v) is 15.9. The Morgan fingerprint density at radius 1 is 1.20 bits per heavy atom. The number of rotatable bonds is 4. The van der Waals surface area contributed by atoms with E-state index in [9.17, 15) is 18.0 Å². The Labute approximate surface area is 152 Å². The van der Waals surface area contributed by atoms with Crippen LogP contribution >= 0.6 is 11.6 Å². The van der Waals surface area contributed by atoms with E-state index in [2.05, 4.69) is 0 Å². The van der Waals surface area contributed by atoms with Crippen molar-refractivity contribution in [3.63, 3.8) is 0 Å². The quantitative estimate of drug-likeness (QED) is 0.730. The summed E-state index contributed by atoms with van der Waals surface area (Å²) in [7, 11) is -3.78. The SMILES string of the molecule is CC(C)(C)OC(=O)CN1CCN(S(=O)(=O)c2ccc(Cl)cc2)CC1=O. The number of halogens is 1. The Morgan fingerprint density at radius 3 is 2.32 bits per heavy atom. The molecule has 138 valence electrons. The van der Waals surface area contributed by atoms with Gasteiger partial charge in [0.2, 0.25) is 15.9 Å². The average molecular weight is 389 g/mol. The van der Waals surface area contributed by atoms with E-state index in [1.807, 2.05) is 0 Å². The molecule has 1 aliphatic rings. The van der Waals surface area contributed by atoms with Crippen LogP contribution in [0.2, 0.25) is 5.02 Å². The van der Waals surface area contributed by atoms with Gasteiger partial charge in [0.25, 0.3) is 0 Å². The molecule has 1 fully saturated rings. The molecule has 0 unspecified atom stereocenters. The first-order valence-corrected chi connectivity index (χ1v) is 9.56. The van der Waals surface area contributed by atoms with Gasteiger partial charge in [-0.05, 0) is 45.0 Å². The molecule has 0 bridgehead atoms. The summed E-state index contributed by atoms with van der Waals surface area (Å²) < 4.78 is 31.4. The first-order chi connectivity index (χ1) is 11.5. The first kappa shape index (κ1) is 19.7. The van der Waals surface area contributed by atoms with E-state index in [-0.39, 0.29) is 31.1 Å². The molecule has 2 rings (SSSR count). The Balaban J connectivity index is 2.02. The van der Waals surface area contributed by atoms with Crippen LogP contribution in [0.15, 0.2) is 29.2 Å². The lowest BCUT2D eigenvalue weighted by Crippen LogP contribution is -2.53. The Bertz CT molecular complexity index is 756. The largest absolute Gasteiger partial charge is 0.459 e. The molecular formula is C16H21ClN2O5S. The second kappa shape index (κ2) is 7.31. The van der Waals surface area contributed by atoms with Gasteiger partial charge in [-0.3, -0.25) is 9.59 Å². The second-order valence-corrected chi connectivity index (χ2v) is 9.07. The lowest BCUT2D eigenvalue weighted by atomic mass is 10.2. The molecular weight excluding hydrogens is 368 g/mol. The highest BCUT2D eigenvalue weighted by Crippen LogP contribution is 2.20. The van der Waals surface area contributed by atoms with Gasteiger partial charge >= 0.3 is 5.97 Å². The van der Waals surface area contributed by atoms with Gasteiger partial charge in [0.15, 0.2) is 0 Å². The maximum absolute atomic E-state index is 12.6. The zero-order valence-electron chi connectivity index (χ0n) is 14.4. The summed E-state index contributed by atoms with van der Waals surface area (Å²) in [6.07, 6.45) is 0. The fraction of sp³-hybridized carbons (Fsp3) is 0.500. The van der Waals surface area contributed by atoms with Crippen LogP contribution in [0.25, 0.3) is 0 Å². The van der Waals surface area contributed by atoms with Crippen molar-refractivity contribution in [1.82, 2.24) is 9.21 Å². The number of amides is 1. The molecule has 0 aromatic heterocycles. The molecule has 0 spiro atoms. The fourth-order valence-electron chi connectivity index (χ4n) is 2.34. The summed E-state index contributed by atoms with van der Waals surface area (Å²) in [5.74, 6) is -0.954. The lowest BCUT2D eigenvalue weighted by molar-refractivity contribution is -0.159. The number of sulfonamides is 1. The number of piperazine rings is 1. The topological polar surface area (TPSA) is 84.0 Å². The van der Waals surface area contributed by atoms with Gasteiger partial charge in [0.05, 0.1) is 11.4 Å². The fourth-order valence-corrected chi connectivity index (χ4v) is 3.85. The summed E-state index contributed by atoms with van der Waals surface area (Å²) in [6, 6.07) is 5.76. The third-order valence-corrected chi connectivity index (χ3v) is 5.59. The highest BCUT2D eigenvalue weighted by atomic mass is 35.5. The van der Waals surface area contributed by atoms with Crippen molar-refractivity contribution in [1.29, 1.82) is 0 Å². The molecule has 0 saturated carbocycles. The van der Waals surface area contributed by atoms with Crippen molar-refractivity contribution in [3.05, 3.63) is 29.3 Å². The first-order valence-electron chi connectivity index (χ1n) is 7.74. The molecule has 1 aromatic rings. The zero-order chi connectivity index (χ0) is 18.8. The van der Waals surface area contributed by atoms with Gasteiger partial charge in [-0.1, -0.05) is 11.6 Å². The normalized spacial score (nSPS) is 16.8. The van der Waals surface area contributed by atoms with Crippen LogP contribution in [0.5, 0.6) is 0 Å². The third-order valence-electron chi connectivity index (χ3n) is 3.48. The minimum atomic E-state index is -3.78. The van der Waals surface area contributed by atoms with Crippen molar-refractivity contribution in [2.75, 3.05) is 26.2 Å². The van der Waals surface area contributed by atoms with E-state index in [1.54, 1.807) is 20.8 Å². The smallest absolute Gasteiger partial charge is 0.326 e. The van der Waals surface area contributed by atoms with Crippen molar-refractivity contribution >= 4 is 33.5 Å². The molecule has 1 amide bonds.